The predicted molar refractivity (Wildman–Crippen MR) is 121 cm³/mol. The van der Waals surface area contributed by atoms with Crippen LogP contribution in [0.2, 0.25) is 5.02 Å². The van der Waals surface area contributed by atoms with E-state index in [1.807, 2.05) is 29.7 Å². The minimum Gasteiger partial charge on any atom is -0.493 e. The van der Waals surface area contributed by atoms with Crippen molar-refractivity contribution in [1.29, 1.82) is 0 Å². The summed E-state index contributed by atoms with van der Waals surface area (Å²) in [6.07, 6.45) is 5.36. The molecule has 31 heavy (non-hydrogen) atoms. The van der Waals surface area contributed by atoms with Crippen LogP contribution in [0.25, 0.3) is 0 Å². The van der Waals surface area contributed by atoms with E-state index >= 15 is 0 Å². The Balaban J connectivity index is 1.65. The number of ether oxygens (including phenoxy) is 1. The van der Waals surface area contributed by atoms with Crippen LogP contribution in [0.4, 0.5) is 0 Å². The molecule has 0 N–H and O–H groups in total. The molecule has 2 amide bonds. The lowest BCUT2D eigenvalue weighted by atomic mass is 10.1. The third-order valence-corrected chi connectivity index (χ3v) is 6.05. The number of halogens is 1. The number of hydrogen-bond acceptors (Lipinski definition) is 4. The number of aryl methyl sites for hydroxylation is 2. The van der Waals surface area contributed by atoms with Crippen LogP contribution in [0.5, 0.6) is 5.75 Å². The van der Waals surface area contributed by atoms with Crippen molar-refractivity contribution >= 4 is 23.4 Å². The lowest BCUT2D eigenvalue weighted by molar-refractivity contribution is -0.131. The lowest BCUT2D eigenvalue weighted by Crippen LogP contribution is -2.34. The van der Waals surface area contributed by atoms with Crippen molar-refractivity contribution in [3.8, 4) is 5.75 Å². The summed E-state index contributed by atoms with van der Waals surface area (Å²) in [6.45, 7) is 4.38. The van der Waals surface area contributed by atoms with E-state index in [9.17, 15) is 9.59 Å². The van der Waals surface area contributed by atoms with Gasteiger partial charge in [0.05, 0.1) is 18.4 Å². The number of benzene rings is 1. The molecular formula is C23H31ClN4O3. The van der Waals surface area contributed by atoms with E-state index in [4.69, 9.17) is 16.3 Å². The molecule has 0 fully saturated rings. The number of aromatic nitrogens is 2. The van der Waals surface area contributed by atoms with Crippen LogP contribution in [0.15, 0.2) is 24.4 Å². The van der Waals surface area contributed by atoms with Gasteiger partial charge in [0, 0.05) is 50.9 Å². The van der Waals surface area contributed by atoms with Gasteiger partial charge in [0.2, 0.25) is 5.91 Å². The summed E-state index contributed by atoms with van der Waals surface area (Å²) in [5.41, 5.74) is 2.69. The Morgan fingerprint density at radius 3 is 2.65 bits per heavy atom. The average Bonchev–Trinajstić information content (AvgIpc) is 3.08. The first-order chi connectivity index (χ1) is 14.9. The van der Waals surface area contributed by atoms with E-state index in [1.165, 1.54) is 0 Å². The molecule has 2 aromatic rings. The van der Waals surface area contributed by atoms with Crippen molar-refractivity contribution in [2.75, 3.05) is 33.3 Å². The minimum absolute atomic E-state index is 0.100. The maximum atomic E-state index is 12.9. The Morgan fingerprint density at radius 1 is 1.16 bits per heavy atom. The molecule has 0 aliphatic carbocycles. The molecule has 1 aromatic heterocycles. The van der Waals surface area contributed by atoms with Crippen LogP contribution < -0.4 is 4.74 Å². The Labute approximate surface area is 188 Å². The predicted octanol–water partition coefficient (Wildman–Crippen LogP) is 3.48. The fourth-order valence-corrected chi connectivity index (χ4v) is 3.91. The largest absolute Gasteiger partial charge is 0.493 e. The molecule has 0 unspecified atom stereocenters. The van der Waals surface area contributed by atoms with Gasteiger partial charge in [-0.3, -0.25) is 14.3 Å². The molecule has 1 aliphatic heterocycles. The zero-order valence-electron chi connectivity index (χ0n) is 18.6. The second kappa shape index (κ2) is 10.7. The van der Waals surface area contributed by atoms with Crippen LogP contribution in [0.1, 0.15) is 47.3 Å². The summed E-state index contributed by atoms with van der Waals surface area (Å²) in [4.78, 5) is 29.4. The molecule has 1 aromatic carbocycles. The number of carbonyl (C=O) groups excluding carboxylic acids is 2. The molecule has 0 atom stereocenters. The van der Waals surface area contributed by atoms with Crippen molar-refractivity contribution in [3.63, 3.8) is 0 Å². The van der Waals surface area contributed by atoms with Gasteiger partial charge in [-0.2, -0.15) is 5.10 Å². The van der Waals surface area contributed by atoms with E-state index in [2.05, 4.69) is 5.10 Å². The third-order valence-electron chi connectivity index (χ3n) is 5.82. The summed E-state index contributed by atoms with van der Waals surface area (Å²) in [6, 6.07) is 5.12. The van der Waals surface area contributed by atoms with Crippen molar-refractivity contribution in [1.82, 2.24) is 19.6 Å². The van der Waals surface area contributed by atoms with Gasteiger partial charge in [0.25, 0.3) is 5.91 Å². The summed E-state index contributed by atoms with van der Waals surface area (Å²) < 4.78 is 7.73. The Morgan fingerprint density at radius 2 is 1.90 bits per heavy atom. The zero-order chi connectivity index (χ0) is 22.4. The molecule has 0 bridgehead atoms. The van der Waals surface area contributed by atoms with Crippen LogP contribution in [-0.4, -0.2) is 64.7 Å². The fraction of sp³-hybridized carbons (Fsp3) is 0.522. The Kier molecular flexibility index (Phi) is 7.96. The second-order valence-electron chi connectivity index (χ2n) is 8.04. The number of hydrogen-bond donors (Lipinski definition) is 0. The fourth-order valence-electron chi connectivity index (χ4n) is 3.74. The molecule has 3 rings (SSSR count). The maximum Gasteiger partial charge on any atom is 0.257 e. The van der Waals surface area contributed by atoms with E-state index in [1.54, 1.807) is 30.1 Å². The van der Waals surface area contributed by atoms with Gasteiger partial charge in [-0.15, -0.1) is 0 Å². The highest BCUT2D eigenvalue weighted by Gasteiger charge is 2.20. The van der Waals surface area contributed by atoms with Crippen molar-refractivity contribution in [2.45, 2.75) is 39.0 Å². The van der Waals surface area contributed by atoms with Crippen LogP contribution in [-0.2, 0) is 18.3 Å². The molecule has 0 radical (unpaired) electrons. The Hall–Kier alpha value is -2.54. The molecule has 168 valence electrons. The van der Waals surface area contributed by atoms with Gasteiger partial charge >= 0.3 is 0 Å². The molecule has 2 heterocycles. The SMILES string of the molecule is Cc1c(CCC(=O)N2CCCCN(C)C(=O)c3cc(Cl)ccc3OCCC2)cnn1C. The van der Waals surface area contributed by atoms with E-state index < -0.39 is 0 Å². The van der Waals surface area contributed by atoms with Gasteiger partial charge in [-0.05, 0) is 56.4 Å². The van der Waals surface area contributed by atoms with Crippen LogP contribution in [0, 0.1) is 6.92 Å². The first-order valence-corrected chi connectivity index (χ1v) is 11.2. The van der Waals surface area contributed by atoms with Crippen LogP contribution in [0.3, 0.4) is 0 Å². The third kappa shape index (κ3) is 6.00. The molecule has 1 aliphatic rings. The number of rotatable bonds is 3. The zero-order valence-corrected chi connectivity index (χ0v) is 19.3. The molecular weight excluding hydrogens is 416 g/mol. The highest BCUT2D eigenvalue weighted by Crippen LogP contribution is 2.25. The number of carbonyl (C=O) groups is 2. The van der Waals surface area contributed by atoms with Gasteiger partial charge in [0.15, 0.2) is 0 Å². The molecule has 7 nitrogen and oxygen atoms in total. The van der Waals surface area contributed by atoms with E-state index in [0.29, 0.717) is 61.8 Å². The first-order valence-electron chi connectivity index (χ1n) is 10.8. The Bertz CT molecular complexity index is 928. The van der Waals surface area contributed by atoms with Gasteiger partial charge in [-0.1, -0.05) is 11.6 Å². The van der Waals surface area contributed by atoms with E-state index in [0.717, 1.165) is 24.1 Å². The van der Waals surface area contributed by atoms with Gasteiger partial charge in [-0.25, -0.2) is 0 Å². The standard InChI is InChI=1S/C23H31ClN4O3/c1-17-18(16-25-27(17)3)7-10-22(29)28-12-5-4-11-26(2)23(30)20-15-19(24)8-9-21(20)31-14-6-13-28/h8-9,15-16H,4-7,10-14H2,1-3H3. The van der Waals surface area contributed by atoms with Crippen molar-refractivity contribution in [3.05, 3.63) is 46.2 Å². The molecule has 0 spiro atoms. The van der Waals surface area contributed by atoms with E-state index in [-0.39, 0.29) is 11.8 Å². The topological polar surface area (TPSA) is 67.7 Å². The number of nitrogens with zero attached hydrogens (tertiary/aromatic N) is 4. The molecule has 0 saturated carbocycles. The quantitative estimate of drug-likeness (QED) is 0.723. The highest BCUT2D eigenvalue weighted by molar-refractivity contribution is 6.31. The number of fused-ring (bicyclic) bond motifs is 1. The lowest BCUT2D eigenvalue weighted by Gasteiger charge is -2.23. The summed E-state index contributed by atoms with van der Waals surface area (Å²) in [5.74, 6) is 0.580. The first kappa shape index (κ1) is 23.1. The monoisotopic (exact) mass is 446 g/mol. The molecule has 0 saturated heterocycles. The maximum absolute atomic E-state index is 12.9. The van der Waals surface area contributed by atoms with Crippen molar-refractivity contribution in [2.24, 2.45) is 7.05 Å². The normalized spacial score (nSPS) is 16.1. The smallest absolute Gasteiger partial charge is 0.257 e. The summed E-state index contributed by atoms with van der Waals surface area (Å²) >= 11 is 6.10. The second-order valence-corrected chi connectivity index (χ2v) is 8.47. The number of amides is 2. The average molecular weight is 447 g/mol. The summed E-state index contributed by atoms with van der Waals surface area (Å²) in [7, 11) is 3.69. The summed E-state index contributed by atoms with van der Waals surface area (Å²) in [5, 5.41) is 4.77. The molecule has 8 heteroatoms. The van der Waals surface area contributed by atoms with Crippen LogP contribution >= 0.6 is 11.6 Å². The van der Waals surface area contributed by atoms with Crippen molar-refractivity contribution < 1.29 is 14.3 Å². The van der Waals surface area contributed by atoms with Gasteiger partial charge in [0.1, 0.15) is 5.75 Å². The van der Waals surface area contributed by atoms with Gasteiger partial charge < -0.3 is 14.5 Å². The highest BCUT2D eigenvalue weighted by atomic mass is 35.5. The minimum atomic E-state index is -0.100.